The number of fused-ring (bicyclic) bond motifs is 1. The molecule has 0 aliphatic carbocycles. The predicted molar refractivity (Wildman–Crippen MR) is 90.8 cm³/mol. The van der Waals surface area contributed by atoms with E-state index in [4.69, 9.17) is 0 Å². The van der Waals surface area contributed by atoms with Gasteiger partial charge >= 0.3 is 5.97 Å². The van der Waals surface area contributed by atoms with Crippen LogP contribution in [0.4, 0.5) is 5.69 Å². The van der Waals surface area contributed by atoms with E-state index in [1.807, 2.05) is 54.6 Å². The van der Waals surface area contributed by atoms with Crippen molar-refractivity contribution in [2.75, 3.05) is 11.4 Å². The van der Waals surface area contributed by atoms with Crippen LogP contribution in [0.5, 0.6) is 0 Å². The molecular formula is C18H17NO3S. The number of hydrogen-bond acceptors (Lipinski definition) is 3. The first-order chi connectivity index (χ1) is 11.1. The van der Waals surface area contributed by atoms with Gasteiger partial charge in [0.1, 0.15) is 6.54 Å². The van der Waals surface area contributed by atoms with Gasteiger partial charge in [0.25, 0.3) is 0 Å². The summed E-state index contributed by atoms with van der Waals surface area (Å²) in [5.74, 6) is -1.13. The molecule has 5 heteroatoms. The van der Waals surface area contributed by atoms with Crippen molar-refractivity contribution in [1.82, 2.24) is 0 Å². The minimum Gasteiger partial charge on any atom is -0.480 e. The molecule has 1 unspecified atom stereocenters. The van der Waals surface area contributed by atoms with Gasteiger partial charge in [0.05, 0.1) is 5.25 Å². The maximum Gasteiger partial charge on any atom is 0.323 e. The SMILES string of the molecule is O=C(O)CN1C(=O)C(Sc2ccccc2)CCc2ccccc21. The summed E-state index contributed by atoms with van der Waals surface area (Å²) in [4.78, 5) is 26.5. The molecule has 1 N–H and O–H groups in total. The lowest BCUT2D eigenvalue weighted by atomic mass is 10.1. The number of carbonyl (C=O) groups is 2. The number of aliphatic carboxylic acids is 1. The molecule has 0 radical (unpaired) electrons. The summed E-state index contributed by atoms with van der Waals surface area (Å²) in [6, 6.07) is 17.3. The van der Waals surface area contributed by atoms with Gasteiger partial charge in [-0.1, -0.05) is 36.4 Å². The molecule has 0 aromatic heterocycles. The maximum atomic E-state index is 12.9. The molecule has 1 heterocycles. The molecule has 2 aromatic rings. The van der Waals surface area contributed by atoms with E-state index >= 15 is 0 Å². The molecule has 1 aliphatic heterocycles. The Kier molecular flexibility index (Phi) is 4.67. The third kappa shape index (κ3) is 3.56. The molecule has 0 bridgehead atoms. The zero-order valence-corrected chi connectivity index (χ0v) is 13.3. The number of thioether (sulfide) groups is 1. The van der Waals surface area contributed by atoms with E-state index in [-0.39, 0.29) is 17.7 Å². The molecule has 1 aliphatic rings. The van der Waals surface area contributed by atoms with Crippen LogP contribution in [0, 0.1) is 0 Å². The highest BCUT2D eigenvalue weighted by atomic mass is 32.2. The standard InChI is InChI=1S/C18H17NO3S/c20-17(21)12-19-15-9-5-4-6-13(15)10-11-16(18(19)22)23-14-7-2-1-3-8-14/h1-9,16H,10-12H2,(H,20,21). The summed E-state index contributed by atoms with van der Waals surface area (Å²) in [5.41, 5.74) is 1.74. The Morgan fingerprint density at radius 1 is 1.13 bits per heavy atom. The van der Waals surface area contributed by atoms with Gasteiger partial charge in [-0.25, -0.2) is 0 Å². The monoisotopic (exact) mass is 327 g/mol. The first kappa shape index (κ1) is 15.6. The third-order valence-corrected chi connectivity index (χ3v) is 5.08. The fourth-order valence-corrected chi connectivity index (χ4v) is 3.87. The Hall–Kier alpha value is -2.27. The van der Waals surface area contributed by atoms with E-state index in [2.05, 4.69) is 0 Å². The second kappa shape index (κ2) is 6.87. The molecule has 0 fully saturated rings. The van der Waals surface area contributed by atoms with Crippen LogP contribution in [0.1, 0.15) is 12.0 Å². The Balaban J connectivity index is 1.91. The van der Waals surface area contributed by atoms with Gasteiger partial charge in [-0.2, -0.15) is 0 Å². The lowest BCUT2D eigenvalue weighted by Crippen LogP contribution is -2.40. The van der Waals surface area contributed by atoms with Crippen LogP contribution >= 0.6 is 11.8 Å². The van der Waals surface area contributed by atoms with Crippen LogP contribution < -0.4 is 4.90 Å². The minimum atomic E-state index is -1.00. The van der Waals surface area contributed by atoms with Gasteiger partial charge in [-0.3, -0.25) is 14.5 Å². The largest absolute Gasteiger partial charge is 0.480 e. The average molecular weight is 327 g/mol. The fourth-order valence-electron chi connectivity index (χ4n) is 2.76. The Morgan fingerprint density at radius 2 is 1.83 bits per heavy atom. The first-order valence-corrected chi connectivity index (χ1v) is 8.36. The Morgan fingerprint density at radius 3 is 2.57 bits per heavy atom. The smallest absolute Gasteiger partial charge is 0.323 e. The van der Waals surface area contributed by atoms with Crippen molar-refractivity contribution in [3.8, 4) is 0 Å². The van der Waals surface area contributed by atoms with Crippen LogP contribution in [-0.4, -0.2) is 28.8 Å². The first-order valence-electron chi connectivity index (χ1n) is 7.48. The summed E-state index contributed by atoms with van der Waals surface area (Å²) in [7, 11) is 0. The van der Waals surface area contributed by atoms with Crippen molar-refractivity contribution in [1.29, 1.82) is 0 Å². The number of benzene rings is 2. The molecule has 1 atom stereocenters. The summed E-state index contributed by atoms with van der Waals surface area (Å²) in [6.45, 7) is -0.304. The quantitative estimate of drug-likeness (QED) is 0.937. The van der Waals surface area contributed by atoms with Crippen molar-refractivity contribution in [3.05, 3.63) is 60.2 Å². The van der Waals surface area contributed by atoms with Gasteiger partial charge in [-0.05, 0) is 36.6 Å². The zero-order chi connectivity index (χ0) is 16.2. The van der Waals surface area contributed by atoms with Crippen molar-refractivity contribution >= 4 is 29.3 Å². The lowest BCUT2D eigenvalue weighted by molar-refractivity contribution is -0.136. The highest BCUT2D eigenvalue weighted by molar-refractivity contribution is 8.00. The molecule has 2 aromatic carbocycles. The van der Waals surface area contributed by atoms with E-state index < -0.39 is 5.97 Å². The third-order valence-electron chi connectivity index (χ3n) is 3.81. The molecule has 1 amide bonds. The number of anilines is 1. The number of carbonyl (C=O) groups excluding carboxylic acids is 1. The molecule has 23 heavy (non-hydrogen) atoms. The summed E-state index contributed by atoms with van der Waals surface area (Å²) < 4.78 is 0. The number of carboxylic acids is 1. The molecule has 0 saturated heterocycles. The van der Waals surface area contributed by atoms with Crippen LogP contribution in [0.15, 0.2) is 59.5 Å². The molecule has 4 nitrogen and oxygen atoms in total. The number of amides is 1. The summed E-state index contributed by atoms with van der Waals surface area (Å²) >= 11 is 1.50. The highest BCUT2D eigenvalue weighted by Crippen LogP contribution is 2.34. The molecule has 3 rings (SSSR count). The van der Waals surface area contributed by atoms with Crippen LogP contribution in [0.2, 0.25) is 0 Å². The lowest BCUT2D eigenvalue weighted by Gasteiger charge is -2.24. The molecule has 0 spiro atoms. The molecular weight excluding hydrogens is 310 g/mol. The summed E-state index contributed by atoms with van der Waals surface area (Å²) in [5, 5.41) is 8.90. The van der Waals surface area contributed by atoms with E-state index in [0.717, 1.165) is 22.6 Å². The van der Waals surface area contributed by atoms with Gasteiger partial charge < -0.3 is 5.11 Å². The van der Waals surface area contributed by atoms with Crippen LogP contribution in [-0.2, 0) is 16.0 Å². The highest BCUT2D eigenvalue weighted by Gasteiger charge is 2.31. The van der Waals surface area contributed by atoms with Crippen molar-refractivity contribution in [3.63, 3.8) is 0 Å². The number of para-hydroxylation sites is 1. The number of carboxylic acid groups (broad SMARTS) is 1. The van der Waals surface area contributed by atoms with Crippen molar-refractivity contribution in [2.24, 2.45) is 0 Å². The van der Waals surface area contributed by atoms with Crippen molar-refractivity contribution in [2.45, 2.75) is 23.0 Å². The minimum absolute atomic E-state index is 0.133. The van der Waals surface area contributed by atoms with Crippen LogP contribution in [0.25, 0.3) is 0 Å². The normalized spacial score (nSPS) is 17.5. The topological polar surface area (TPSA) is 57.6 Å². The second-order valence-corrected chi connectivity index (χ2v) is 6.68. The maximum absolute atomic E-state index is 12.9. The Labute approximate surface area is 139 Å². The fraction of sp³-hybridized carbons (Fsp3) is 0.222. The van der Waals surface area contributed by atoms with Gasteiger partial charge in [0.2, 0.25) is 5.91 Å². The van der Waals surface area contributed by atoms with E-state index in [0.29, 0.717) is 6.42 Å². The van der Waals surface area contributed by atoms with E-state index in [1.54, 1.807) is 0 Å². The van der Waals surface area contributed by atoms with Gasteiger partial charge in [-0.15, -0.1) is 11.8 Å². The van der Waals surface area contributed by atoms with Crippen LogP contribution in [0.3, 0.4) is 0 Å². The average Bonchev–Trinajstić information content (AvgIpc) is 2.68. The zero-order valence-electron chi connectivity index (χ0n) is 12.5. The van der Waals surface area contributed by atoms with Crippen molar-refractivity contribution < 1.29 is 14.7 Å². The molecule has 0 saturated carbocycles. The van der Waals surface area contributed by atoms with Gasteiger partial charge in [0.15, 0.2) is 0 Å². The van der Waals surface area contributed by atoms with E-state index in [1.165, 1.54) is 16.7 Å². The van der Waals surface area contributed by atoms with E-state index in [9.17, 15) is 14.7 Å². The number of rotatable bonds is 4. The van der Waals surface area contributed by atoms with Gasteiger partial charge in [0, 0.05) is 10.6 Å². The number of aryl methyl sites for hydroxylation is 1. The second-order valence-electron chi connectivity index (χ2n) is 5.41. The Bertz CT molecular complexity index is 717. The summed E-state index contributed by atoms with van der Waals surface area (Å²) in [6.07, 6.45) is 1.47. The number of nitrogens with zero attached hydrogens (tertiary/aromatic N) is 1. The predicted octanol–water partition coefficient (Wildman–Crippen LogP) is 3.21. The molecule has 118 valence electrons. The number of hydrogen-bond donors (Lipinski definition) is 1.